The molecule has 0 spiro atoms. The molecule has 0 unspecified atom stereocenters. The van der Waals surface area contributed by atoms with Crippen LogP contribution < -0.4 is 25.0 Å². The molecule has 1 aliphatic carbocycles. The Kier molecular flexibility index (Phi) is 8.16. The van der Waals surface area contributed by atoms with E-state index in [1.165, 1.54) is 13.5 Å². The molecule has 2 fully saturated rings. The highest BCUT2D eigenvalue weighted by Gasteiger charge is 2.24. The second kappa shape index (κ2) is 11.5. The molecule has 1 saturated carbocycles. The Balaban J connectivity index is 1.58. The molecule has 2 amide bonds. The van der Waals surface area contributed by atoms with E-state index >= 15 is 0 Å². The van der Waals surface area contributed by atoms with E-state index in [9.17, 15) is 9.59 Å². The van der Waals surface area contributed by atoms with Crippen LogP contribution in [0.15, 0.2) is 36.4 Å². The topological polar surface area (TPSA) is 79.9 Å². The molecule has 0 atom stereocenters. The van der Waals surface area contributed by atoms with Gasteiger partial charge in [-0.3, -0.25) is 9.59 Å². The van der Waals surface area contributed by atoms with Crippen molar-refractivity contribution in [1.29, 1.82) is 0 Å². The first-order valence-corrected chi connectivity index (χ1v) is 12.7. The predicted molar refractivity (Wildman–Crippen MR) is 139 cm³/mol. The maximum atomic E-state index is 13.4. The van der Waals surface area contributed by atoms with E-state index in [1.807, 2.05) is 12.1 Å². The number of ether oxygens (including phenoxy) is 2. The highest BCUT2D eigenvalue weighted by Crippen LogP contribution is 2.30. The number of benzene rings is 2. The van der Waals surface area contributed by atoms with Crippen molar-refractivity contribution in [1.82, 2.24) is 5.32 Å². The largest absolute Gasteiger partial charge is 0.497 e. The molecule has 4 rings (SSSR count). The van der Waals surface area contributed by atoms with Gasteiger partial charge < -0.3 is 25.0 Å². The van der Waals surface area contributed by atoms with E-state index in [-0.39, 0.29) is 17.9 Å². The average molecular weight is 480 g/mol. The molecule has 2 N–H and O–H groups in total. The minimum Gasteiger partial charge on any atom is -0.497 e. The molecule has 7 heteroatoms. The van der Waals surface area contributed by atoms with Crippen molar-refractivity contribution in [2.45, 2.75) is 57.9 Å². The zero-order chi connectivity index (χ0) is 24.8. The predicted octanol–water partition coefficient (Wildman–Crippen LogP) is 5.25. The van der Waals surface area contributed by atoms with E-state index < -0.39 is 0 Å². The number of hydrogen-bond acceptors (Lipinski definition) is 5. The van der Waals surface area contributed by atoms with E-state index in [2.05, 4.69) is 22.5 Å². The summed E-state index contributed by atoms with van der Waals surface area (Å²) in [4.78, 5) is 28.8. The normalized spacial score (nSPS) is 17.1. The summed E-state index contributed by atoms with van der Waals surface area (Å²) >= 11 is 0. The first kappa shape index (κ1) is 24.9. The van der Waals surface area contributed by atoms with Crippen LogP contribution in [-0.2, 0) is 0 Å². The highest BCUT2D eigenvalue weighted by atomic mass is 16.5. The van der Waals surface area contributed by atoms with Gasteiger partial charge >= 0.3 is 0 Å². The number of piperidine rings is 1. The van der Waals surface area contributed by atoms with Gasteiger partial charge in [0.1, 0.15) is 11.5 Å². The zero-order valence-corrected chi connectivity index (χ0v) is 21.1. The number of anilines is 2. The lowest BCUT2D eigenvalue weighted by molar-refractivity contribution is 0.0927. The summed E-state index contributed by atoms with van der Waals surface area (Å²) in [5.74, 6) is 1.37. The Morgan fingerprint density at radius 1 is 0.857 bits per heavy atom. The Labute approximate surface area is 208 Å². The lowest BCUT2D eigenvalue weighted by Gasteiger charge is -2.34. The standard InChI is InChI=1S/C28H37N3O4/c1-19-13-15-31(16-14-19)25-12-9-21(17-24(25)28(33)29-20-7-5-4-6-8-20)30-27(32)23-11-10-22(34-2)18-26(23)35-3/h9-12,17-20H,4-8,13-16H2,1-3H3,(H,29,33)(H,30,32). The van der Waals surface area contributed by atoms with Crippen LogP contribution in [0, 0.1) is 5.92 Å². The van der Waals surface area contributed by atoms with Crippen molar-refractivity contribution in [2.24, 2.45) is 5.92 Å². The van der Waals surface area contributed by atoms with Crippen LogP contribution in [0.3, 0.4) is 0 Å². The zero-order valence-electron chi connectivity index (χ0n) is 21.1. The van der Waals surface area contributed by atoms with Crippen molar-refractivity contribution in [3.05, 3.63) is 47.5 Å². The molecule has 1 heterocycles. The molecule has 7 nitrogen and oxygen atoms in total. The maximum absolute atomic E-state index is 13.4. The number of methoxy groups -OCH3 is 2. The SMILES string of the molecule is COc1ccc(C(=O)Nc2ccc(N3CCC(C)CC3)c(C(=O)NC3CCCCC3)c2)c(OC)c1. The van der Waals surface area contributed by atoms with Gasteiger partial charge in [0.25, 0.3) is 11.8 Å². The summed E-state index contributed by atoms with van der Waals surface area (Å²) in [7, 11) is 3.09. The number of nitrogens with zero attached hydrogens (tertiary/aromatic N) is 1. The van der Waals surface area contributed by atoms with E-state index in [0.29, 0.717) is 34.2 Å². The third-order valence-corrected chi connectivity index (χ3v) is 7.22. The minimum atomic E-state index is -0.303. The fraction of sp³-hybridized carbons (Fsp3) is 0.500. The van der Waals surface area contributed by atoms with Gasteiger partial charge in [-0.25, -0.2) is 0 Å². The van der Waals surface area contributed by atoms with Crippen LogP contribution in [0.4, 0.5) is 11.4 Å². The van der Waals surface area contributed by atoms with Crippen molar-refractivity contribution in [3.63, 3.8) is 0 Å². The van der Waals surface area contributed by atoms with Gasteiger partial charge in [-0.1, -0.05) is 26.2 Å². The summed E-state index contributed by atoms with van der Waals surface area (Å²) in [5.41, 5.74) is 2.53. The van der Waals surface area contributed by atoms with Crippen LogP contribution in [-0.4, -0.2) is 45.2 Å². The number of nitrogens with one attached hydrogen (secondary N) is 2. The quantitative estimate of drug-likeness (QED) is 0.567. The van der Waals surface area contributed by atoms with Gasteiger partial charge in [-0.05, 0) is 61.9 Å². The minimum absolute atomic E-state index is 0.0661. The summed E-state index contributed by atoms with van der Waals surface area (Å²) in [5, 5.41) is 6.20. The van der Waals surface area contributed by atoms with E-state index in [4.69, 9.17) is 9.47 Å². The summed E-state index contributed by atoms with van der Waals surface area (Å²) in [6.45, 7) is 4.14. The monoisotopic (exact) mass is 479 g/mol. The molecule has 2 aromatic carbocycles. The fourth-order valence-electron chi connectivity index (χ4n) is 5.02. The second-order valence-electron chi connectivity index (χ2n) is 9.73. The van der Waals surface area contributed by atoms with Gasteiger partial charge in [0.15, 0.2) is 0 Å². The third kappa shape index (κ3) is 6.08. The molecule has 35 heavy (non-hydrogen) atoms. The first-order valence-electron chi connectivity index (χ1n) is 12.7. The molecular formula is C28H37N3O4. The number of hydrogen-bond donors (Lipinski definition) is 2. The van der Waals surface area contributed by atoms with Gasteiger partial charge in [-0.2, -0.15) is 0 Å². The fourth-order valence-corrected chi connectivity index (χ4v) is 5.02. The smallest absolute Gasteiger partial charge is 0.259 e. The second-order valence-corrected chi connectivity index (χ2v) is 9.73. The first-order chi connectivity index (χ1) is 17.0. The van der Waals surface area contributed by atoms with Gasteiger partial charge in [0, 0.05) is 36.6 Å². The summed E-state index contributed by atoms with van der Waals surface area (Å²) in [6.07, 6.45) is 7.81. The van der Waals surface area contributed by atoms with E-state index in [1.54, 1.807) is 31.4 Å². The lowest BCUT2D eigenvalue weighted by Crippen LogP contribution is -2.38. The molecule has 1 saturated heterocycles. The summed E-state index contributed by atoms with van der Waals surface area (Å²) in [6, 6.07) is 10.9. The van der Waals surface area contributed by atoms with Gasteiger partial charge in [0.2, 0.25) is 0 Å². The molecule has 1 aliphatic heterocycles. The van der Waals surface area contributed by atoms with Crippen LogP contribution in [0.1, 0.15) is 72.6 Å². The van der Waals surface area contributed by atoms with Crippen molar-refractivity contribution in [3.8, 4) is 11.5 Å². The van der Waals surface area contributed by atoms with Crippen LogP contribution >= 0.6 is 0 Å². The molecular weight excluding hydrogens is 442 g/mol. The molecule has 2 aliphatic rings. The Morgan fingerprint density at radius 3 is 2.29 bits per heavy atom. The van der Waals surface area contributed by atoms with Crippen LogP contribution in [0.25, 0.3) is 0 Å². The van der Waals surface area contributed by atoms with Gasteiger partial charge in [-0.15, -0.1) is 0 Å². The molecule has 188 valence electrons. The van der Waals surface area contributed by atoms with Crippen molar-refractivity contribution in [2.75, 3.05) is 37.5 Å². The highest BCUT2D eigenvalue weighted by molar-refractivity contribution is 6.08. The Morgan fingerprint density at radius 2 is 1.60 bits per heavy atom. The van der Waals surface area contributed by atoms with E-state index in [0.717, 1.165) is 57.3 Å². The van der Waals surface area contributed by atoms with Crippen LogP contribution in [0.5, 0.6) is 11.5 Å². The maximum Gasteiger partial charge on any atom is 0.259 e. The van der Waals surface area contributed by atoms with Crippen molar-refractivity contribution >= 4 is 23.2 Å². The lowest BCUT2D eigenvalue weighted by atomic mass is 9.95. The Bertz CT molecular complexity index is 1040. The third-order valence-electron chi connectivity index (χ3n) is 7.22. The number of amides is 2. The molecule has 0 bridgehead atoms. The summed E-state index contributed by atoms with van der Waals surface area (Å²) < 4.78 is 10.6. The molecule has 0 aromatic heterocycles. The number of carbonyl (C=O) groups is 2. The Hall–Kier alpha value is -3.22. The van der Waals surface area contributed by atoms with Crippen LogP contribution in [0.2, 0.25) is 0 Å². The number of rotatable bonds is 7. The molecule has 0 radical (unpaired) electrons. The molecule has 2 aromatic rings. The number of carbonyl (C=O) groups excluding carboxylic acids is 2. The van der Waals surface area contributed by atoms with Crippen molar-refractivity contribution < 1.29 is 19.1 Å². The van der Waals surface area contributed by atoms with Gasteiger partial charge in [0.05, 0.1) is 25.3 Å². The average Bonchev–Trinajstić information content (AvgIpc) is 2.89.